The van der Waals surface area contributed by atoms with Gasteiger partial charge in [-0.25, -0.2) is 8.78 Å². The van der Waals surface area contributed by atoms with E-state index in [0.29, 0.717) is 6.54 Å². The second-order valence-electron chi connectivity index (χ2n) is 4.10. The number of alkyl halides is 2. The molecule has 2 aromatic rings. The number of rotatable bonds is 5. The Morgan fingerprint density at radius 2 is 1.94 bits per heavy atom. The van der Waals surface area contributed by atoms with Crippen LogP contribution < -0.4 is 5.73 Å². The van der Waals surface area contributed by atoms with E-state index in [1.54, 1.807) is 0 Å². The lowest BCUT2D eigenvalue weighted by molar-refractivity contribution is 0.139. The standard InChI is InChI=1S/C13H15F2N3/c14-13(15)12-11(16)9-17-18(12)8-4-7-10-5-2-1-3-6-10/h1-3,5-6,9,13H,4,7-8,16H2. The SMILES string of the molecule is Nc1cnn(CCCc2ccccc2)c1C(F)F. The van der Waals surface area contributed by atoms with Crippen LogP contribution in [0.25, 0.3) is 0 Å². The molecule has 0 unspecified atom stereocenters. The fraction of sp³-hybridized carbons (Fsp3) is 0.308. The van der Waals surface area contributed by atoms with Gasteiger partial charge in [-0.3, -0.25) is 4.68 Å². The van der Waals surface area contributed by atoms with Crippen LogP contribution in [0.3, 0.4) is 0 Å². The number of hydrogen-bond donors (Lipinski definition) is 1. The average molecular weight is 251 g/mol. The van der Waals surface area contributed by atoms with Crippen molar-refractivity contribution in [3.63, 3.8) is 0 Å². The largest absolute Gasteiger partial charge is 0.396 e. The molecule has 2 N–H and O–H groups in total. The lowest BCUT2D eigenvalue weighted by Crippen LogP contribution is -2.07. The topological polar surface area (TPSA) is 43.8 Å². The maximum absolute atomic E-state index is 12.7. The van der Waals surface area contributed by atoms with Crippen molar-refractivity contribution in [1.29, 1.82) is 0 Å². The molecular formula is C13H15F2N3. The van der Waals surface area contributed by atoms with Crippen LogP contribution in [-0.2, 0) is 13.0 Å². The highest BCUT2D eigenvalue weighted by atomic mass is 19.3. The molecule has 5 heteroatoms. The van der Waals surface area contributed by atoms with E-state index in [1.807, 2.05) is 30.3 Å². The van der Waals surface area contributed by atoms with Crippen LogP contribution in [0.15, 0.2) is 36.5 Å². The molecule has 0 bridgehead atoms. The Morgan fingerprint density at radius 1 is 1.22 bits per heavy atom. The number of nitrogen functional groups attached to an aromatic ring is 1. The minimum Gasteiger partial charge on any atom is -0.396 e. The molecule has 0 amide bonds. The third-order valence-corrected chi connectivity index (χ3v) is 2.79. The van der Waals surface area contributed by atoms with Crippen molar-refractivity contribution in [2.45, 2.75) is 25.8 Å². The molecule has 18 heavy (non-hydrogen) atoms. The summed E-state index contributed by atoms with van der Waals surface area (Å²) in [5, 5.41) is 3.88. The van der Waals surface area contributed by atoms with Crippen molar-refractivity contribution in [3.05, 3.63) is 47.8 Å². The lowest BCUT2D eigenvalue weighted by Gasteiger charge is -2.07. The zero-order valence-corrected chi connectivity index (χ0v) is 9.89. The van der Waals surface area contributed by atoms with Crippen molar-refractivity contribution in [3.8, 4) is 0 Å². The number of aromatic nitrogens is 2. The van der Waals surface area contributed by atoms with E-state index in [2.05, 4.69) is 5.10 Å². The number of hydrogen-bond acceptors (Lipinski definition) is 2. The third kappa shape index (κ3) is 2.85. The van der Waals surface area contributed by atoms with Crippen molar-refractivity contribution in [2.75, 3.05) is 5.73 Å². The molecule has 0 aliphatic heterocycles. The molecule has 0 radical (unpaired) electrons. The molecule has 0 atom stereocenters. The molecule has 0 saturated heterocycles. The van der Waals surface area contributed by atoms with Crippen LogP contribution >= 0.6 is 0 Å². The van der Waals surface area contributed by atoms with Crippen LogP contribution in [-0.4, -0.2) is 9.78 Å². The van der Waals surface area contributed by atoms with E-state index in [9.17, 15) is 8.78 Å². The van der Waals surface area contributed by atoms with Crippen molar-refractivity contribution >= 4 is 5.69 Å². The number of aryl methyl sites for hydroxylation is 2. The molecule has 0 spiro atoms. The summed E-state index contributed by atoms with van der Waals surface area (Å²) in [7, 11) is 0. The Bertz CT molecular complexity index is 494. The quantitative estimate of drug-likeness (QED) is 0.887. The summed E-state index contributed by atoms with van der Waals surface area (Å²) in [4.78, 5) is 0. The van der Waals surface area contributed by atoms with Gasteiger partial charge in [0.1, 0.15) is 5.69 Å². The van der Waals surface area contributed by atoms with E-state index in [4.69, 9.17) is 5.73 Å². The van der Waals surface area contributed by atoms with E-state index in [-0.39, 0.29) is 11.4 Å². The van der Waals surface area contributed by atoms with Crippen molar-refractivity contribution < 1.29 is 8.78 Å². The van der Waals surface area contributed by atoms with Gasteiger partial charge in [-0.05, 0) is 18.4 Å². The Hall–Kier alpha value is -1.91. The number of nitrogens with zero attached hydrogens (tertiary/aromatic N) is 2. The molecule has 1 aromatic carbocycles. The van der Waals surface area contributed by atoms with Crippen LogP contribution in [0.4, 0.5) is 14.5 Å². The molecule has 0 fully saturated rings. The van der Waals surface area contributed by atoms with Gasteiger partial charge in [0.05, 0.1) is 11.9 Å². The molecule has 0 aliphatic rings. The molecular weight excluding hydrogens is 236 g/mol. The van der Waals surface area contributed by atoms with E-state index in [1.165, 1.54) is 16.4 Å². The Kier molecular flexibility index (Phi) is 3.92. The van der Waals surface area contributed by atoms with Gasteiger partial charge in [-0.2, -0.15) is 5.10 Å². The van der Waals surface area contributed by atoms with Gasteiger partial charge in [0.15, 0.2) is 0 Å². The minimum absolute atomic E-state index is 0.0599. The first-order chi connectivity index (χ1) is 8.68. The summed E-state index contributed by atoms with van der Waals surface area (Å²) < 4.78 is 26.8. The summed E-state index contributed by atoms with van der Waals surface area (Å²) in [6.45, 7) is 0.450. The van der Waals surface area contributed by atoms with Crippen LogP contribution in [0, 0.1) is 0 Å². The second-order valence-corrected chi connectivity index (χ2v) is 4.10. The fourth-order valence-electron chi connectivity index (χ4n) is 1.90. The predicted molar refractivity (Wildman–Crippen MR) is 66.4 cm³/mol. The summed E-state index contributed by atoms with van der Waals surface area (Å²) >= 11 is 0. The maximum atomic E-state index is 12.7. The number of benzene rings is 1. The lowest BCUT2D eigenvalue weighted by atomic mass is 10.1. The molecule has 1 aromatic heterocycles. The zero-order chi connectivity index (χ0) is 13.0. The van der Waals surface area contributed by atoms with E-state index >= 15 is 0 Å². The minimum atomic E-state index is -2.58. The van der Waals surface area contributed by atoms with Gasteiger partial charge in [-0.15, -0.1) is 0 Å². The monoisotopic (exact) mass is 251 g/mol. The smallest absolute Gasteiger partial charge is 0.282 e. The van der Waals surface area contributed by atoms with Gasteiger partial charge < -0.3 is 5.73 Å². The summed E-state index contributed by atoms with van der Waals surface area (Å²) in [5.74, 6) is 0. The van der Waals surface area contributed by atoms with E-state index in [0.717, 1.165) is 12.8 Å². The van der Waals surface area contributed by atoms with Crippen molar-refractivity contribution in [2.24, 2.45) is 0 Å². The van der Waals surface area contributed by atoms with Gasteiger partial charge in [-0.1, -0.05) is 30.3 Å². The van der Waals surface area contributed by atoms with Gasteiger partial charge in [0.2, 0.25) is 0 Å². The van der Waals surface area contributed by atoms with Gasteiger partial charge in [0, 0.05) is 6.54 Å². The Balaban J connectivity index is 1.95. The van der Waals surface area contributed by atoms with Gasteiger partial charge >= 0.3 is 0 Å². The highest BCUT2D eigenvalue weighted by Crippen LogP contribution is 2.24. The van der Waals surface area contributed by atoms with Gasteiger partial charge in [0.25, 0.3) is 6.43 Å². The normalized spacial score (nSPS) is 11.1. The number of nitrogens with two attached hydrogens (primary N) is 1. The summed E-state index contributed by atoms with van der Waals surface area (Å²) in [5.41, 5.74) is 6.53. The molecule has 96 valence electrons. The Labute approximate surface area is 104 Å². The molecule has 2 rings (SSSR count). The first-order valence-electron chi connectivity index (χ1n) is 5.81. The summed E-state index contributed by atoms with van der Waals surface area (Å²) in [6, 6.07) is 9.92. The molecule has 0 aliphatic carbocycles. The van der Waals surface area contributed by atoms with Crippen LogP contribution in [0.1, 0.15) is 24.1 Å². The third-order valence-electron chi connectivity index (χ3n) is 2.79. The maximum Gasteiger partial charge on any atom is 0.282 e. The molecule has 3 nitrogen and oxygen atoms in total. The summed E-state index contributed by atoms with van der Waals surface area (Å²) in [6.07, 6.45) is 0.294. The first-order valence-corrected chi connectivity index (χ1v) is 5.81. The van der Waals surface area contributed by atoms with Crippen LogP contribution in [0.2, 0.25) is 0 Å². The zero-order valence-electron chi connectivity index (χ0n) is 9.89. The number of anilines is 1. The van der Waals surface area contributed by atoms with Crippen molar-refractivity contribution in [1.82, 2.24) is 9.78 Å². The van der Waals surface area contributed by atoms with Crippen LogP contribution in [0.5, 0.6) is 0 Å². The Morgan fingerprint density at radius 3 is 2.61 bits per heavy atom. The fourth-order valence-corrected chi connectivity index (χ4v) is 1.90. The second kappa shape index (κ2) is 5.62. The predicted octanol–water partition coefficient (Wildman–Crippen LogP) is 3.04. The van der Waals surface area contributed by atoms with E-state index < -0.39 is 6.43 Å². The number of halogens is 2. The highest BCUT2D eigenvalue weighted by molar-refractivity contribution is 5.41. The average Bonchev–Trinajstić information content (AvgIpc) is 2.72. The highest BCUT2D eigenvalue weighted by Gasteiger charge is 2.17. The molecule has 1 heterocycles. The molecule has 0 saturated carbocycles. The first kappa shape index (κ1) is 12.5.